The lowest BCUT2D eigenvalue weighted by Crippen LogP contribution is -2.37. The molecule has 0 N–H and O–H groups in total. The van der Waals surface area contributed by atoms with Crippen LogP contribution in [0.1, 0.15) is 33.3 Å². The van der Waals surface area contributed by atoms with Gasteiger partial charge in [-0.25, -0.2) is 0 Å². The van der Waals surface area contributed by atoms with Gasteiger partial charge < -0.3 is 0 Å². The van der Waals surface area contributed by atoms with E-state index in [1.54, 1.807) is 12.4 Å². The first kappa shape index (κ1) is 12.7. The molecule has 16 heavy (non-hydrogen) atoms. The summed E-state index contributed by atoms with van der Waals surface area (Å²) in [5, 5.41) is 0. The average molecular weight is 216 g/mol. The van der Waals surface area contributed by atoms with E-state index in [9.17, 15) is 0 Å². The number of rotatable bonds is 3. The molecule has 0 unspecified atom stereocenters. The molecule has 2 heteroatoms. The van der Waals surface area contributed by atoms with Gasteiger partial charge in [-0.15, -0.1) is 0 Å². The van der Waals surface area contributed by atoms with Crippen LogP contribution in [0.3, 0.4) is 0 Å². The largest absolute Gasteiger partial charge is 0.287 e. The molecule has 0 spiro atoms. The zero-order valence-corrected chi connectivity index (χ0v) is 10.6. The molecule has 1 aromatic rings. The fourth-order valence-corrected chi connectivity index (χ4v) is 1.63. The molecule has 0 aromatic carbocycles. The standard InChI is InChI=1S/C14H20N2/c1-12(2)16(13(3)4)10-6-8-14-7-5-9-15-11-14/h5,7,9,11-13H,10H2,1-4H3. The summed E-state index contributed by atoms with van der Waals surface area (Å²) in [7, 11) is 0. The van der Waals surface area contributed by atoms with E-state index in [0.29, 0.717) is 12.1 Å². The lowest BCUT2D eigenvalue weighted by Gasteiger charge is -2.28. The summed E-state index contributed by atoms with van der Waals surface area (Å²) in [4.78, 5) is 6.40. The van der Waals surface area contributed by atoms with Gasteiger partial charge in [-0.3, -0.25) is 9.88 Å². The van der Waals surface area contributed by atoms with Crippen molar-refractivity contribution in [1.82, 2.24) is 9.88 Å². The fourth-order valence-electron chi connectivity index (χ4n) is 1.63. The highest BCUT2D eigenvalue weighted by molar-refractivity contribution is 5.31. The van der Waals surface area contributed by atoms with Gasteiger partial charge in [0.05, 0.1) is 6.54 Å². The molecule has 2 nitrogen and oxygen atoms in total. The molecular formula is C14H20N2. The van der Waals surface area contributed by atoms with Crippen LogP contribution >= 0.6 is 0 Å². The molecule has 86 valence electrons. The molecule has 0 saturated carbocycles. The molecule has 0 aliphatic rings. The number of pyridine rings is 1. The minimum Gasteiger partial charge on any atom is -0.287 e. The van der Waals surface area contributed by atoms with E-state index < -0.39 is 0 Å². The SMILES string of the molecule is CC(C)N(CC#Cc1cccnc1)C(C)C. The summed E-state index contributed by atoms with van der Waals surface area (Å²) in [5.74, 6) is 6.33. The zero-order chi connectivity index (χ0) is 12.0. The van der Waals surface area contributed by atoms with Crippen LogP contribution in [-0.4, -0.2) is 28.5 Å². The maximum Gasteiger partial charge on any atom is 0.0609 e. The van der Waals surface area contributed by atoms with Gasteiger partial charge in [0.2, 0.25) is 0 Å². The number of hydrogen-bond donors (Lipinski definition) is 0. The third kappa shape index (κ3) is 4.04. The van der Waals surface area contributed by atoms with E-state index in [-0.39, 0.29) is 0 Å². The Kier molecular flexibility index (Phi) is 5.01. The second kappa shape index (κ2) is 6.30. The van der Waals surface area contributed by atoms with Gasteiger partial charge in [0.1, 0.15) is 0 Å². The lowest BCUT2D eigenvalue weighted by molar-refractivity contribution is 0.200. The minimum atomic E-state index is 0.531. The van der Waals surface area contributed by atoms with Crippen molar-refractivity contribution < 1.29 is 0 Å². The first-order valence-corrected chi connectivity index (χ1v) is 5.76. The normalized spacial score (nSPS) is 10.7. The molecule has 1 aromatic heterocycles. The van der Waals surface area contributed by atoms with E-state index in [1.165, 1.54) is 0 Å². The van der Waals surface area contributed by atoms with Crippen LogP contribution in [-0.2, 0) is 0 Å². The predicted octanol–water partition coefficient (Wildman–Crippen LogP) is 2.55. The van der Waals surface area contributed by atoms with Crippen molar-refractivity contribution in [3.8, 4) is 11.8 Å². The maximum absolute atomic E-state index is 4.04. The van der Waals surface area contributed by atoms with Gasteiger partial charge in [0, 0.05) is 30.0 Å². The summed E-state index contributed by atoms with van der Waals surface area (Å²) in [6.07, 6.45) is 3.56. The topological polar surface area (TPSA) is 16.1 Å². The van der Waals surface area contributed by atoms with Crippen LogP contribution in [0.4, 0.5) is 0 Å². The summed E-state index contributed by atoms with van der Waals surface area (Å²) < 4.78 is 0. The molecule has 1 rings (SSSR count). The maximum atomic E-state index is 4.04. The summed E-state index contributed by atoms with van der Waals surface area (Å²) in [6, 6.07) is 4.95. The van der Waals surface area contributed by atoms with Crippen LogP contribution in [0.2, 0.25) is 0 Å². The van der Waals surface area contributed by atoms with Gasteiger partial charge in [-0.1, -0.05) is 11.8 Å². The van der Waals surface area contributed by atoms with Crippen molar-refractivity contribution in [1.29, 1.82) is 0 Å². The summed E-state index contributed by atoms with van der Waals surface area (Å²) >= 11 is 0. The lowest BCUT2D eigenvalue weighted by atomic mass is 10.2. The van der Waals surface area contributed by atoms with Gasteiger partial charge in [0.25, 0.3) is 0 Å². The van der Waals surface area contributed by atoms with Crippen LogP contribution < -0.4 is 0 Å². The van der Waals surface area contributed by atoms with Gasteiger partial charge in [-0.05, 0) is 39.8 Å². The molecular weight excluding hydrogens is 196 g/mol. The first-order valence-electron chi connectivity index (χ1n) is 5.76. The molecule has 0 aliphatic heterocycles. The van der Waals surface area contributed by atoms with E-state index in [1.807, 2.05) is 12.1 Å². The number of aromatic nitrogens is 1. The monoisotopic (exact) mass is 216 g/mol. The first-order chi connectivity index (χ1) is 7.61. The zero-order valence-electron chi connectivity index (χ0n) is 10.6. The Morgan fingerprint density at radius 3 is 2.44 bits per heavy atom. The van der Waals surface area contributed by atoms with Crippen LogP contribution in [0.15, 0.2) is 24.5 Å². The predicted molar refractivity (Wildman–Crippen MR) is 68.1 cm³/mol. The van der Waals surface area contributed by atoms with E-state index in [0.717, 1.165) is 12.1 Å². The second-order valence-corrected chi connectivity index (χ2v) is 4.40. The van der Waals surface area contributed by atoms with Gasteiger partial charge in [-0.2, -0.15) is 0 Å². The highest BCUT2D eigenvalue weighted by Crippen LogP contribution is 2.03. The Bertz CT molecular complexity index is 349. The summed E-state index contributed by atoms with van der Waals surface area (Å²) in [6.45, 7) is 9.61. The quantitative estimate of drug-likeness (QED) is 0.722. The Morgan fingerprint density at radius 2 is 1.94 bits per heavy atom. The molecule has 0 saturated heterocycles. The van der Waals surface area contributed by atoms with Crippen LogP contribution in [0, 0.1) is 11.8 Å². The number of nitrogens with zero attached hydrogens (tertiary/aromatic N) is 2. The Hall–Kier alpha value is -1.33. The smallest absolute Gasteiger partial charge is 0.0609 e. The Balaban J connectivity index is 2.59. The van der Waals surface area contributed by atoms with Crippen molar-refractivity contribution >= 4 is 0 Å². The molecule has 0 fully saturated rings. The molecule has 0 atom stereocenters. The van der Waals surface area contributed by atoms with E-state index >= 15 is 0 Å². The van der Waals surface area contributed by atoms with Gasteiger partial charge >= 0.3 is 0 Å². The van der Waals surface area contributed by atoms with Crippen molar-refractivity contribution in [3.63, 3.8) is 0 Å². The van der Waals surface area contributed by atoms with Crippen molar-refractivity contribution in [3.05, 3.63) is 30.1 Å². The molecule has 1 heterocycles. The number of hydrogen-bond acceptors (Lipinski definition) is 2. The van der Waals surface area contributed by atoms with Crippen molar-refractivity contribution in [2.45, 2.75) is 39.8 Å². The average Bonchev–Trinajstić information content (AvgIpc) is 2.24. The van der Waals surface area contributed by atoms with Crippen LogP contribution in [0.25, 0.3) is 0 Å². The molecule has 0 radical (unpaired) electrons. The minimum absolute atomic E-state index is 0.531. The second-order valence-electron chi connectivity index (χ2n) is 4.40. The highest BCUT2D eigenvalue weighted by atomic mass is 15.2. The highest BCUT2D eigenvalue weighted by Gasteiger charge is 2.10. The van der Waals surface area contributed by atoms with Gasteiger partial charge in [0.15, 0.2) is 0 Å². The van der Waals surface area contributed by atoms with Crippen molar-refractivity contribution in [2.75, 3.05) is 6.54 Å². The fraction of sp³-hybridized carbons (Fsp3) is 0.500. The molecule has 0 bridgehead atoms. The Labute approximate surface area is 98.7 Å². The third-order valence-corrected chi connectivity index (χ3v) is 2.48. The Morgan fingerprint density at radius 1 is 1.25 bits per heavy atom. The summed E-state index contributed by atoms with van der Waals surface area (Å²) in [5.41, 5.74) is 0.981. The van der Waals surface area contributed by atoms with E-state index in [4.69, 9.17) is 0 Å². The molecule has 0 amide bonds. The third-order valence-electron chi connectivity index (χ3n) is 2.48. The van der Waals surface area contributed by atoms with E-state index in [2.05, 4.69) is 49.4 Å². The van der Waals surface area contributed by atoms with Crippen molar-refractivity contribution in [2.24, 2.45) is 0 Å². The van der Waals surface area contributed by atoms with Crippen LogP contribution in [0.5, 0.6) is 0 Å². The molecule has 0 aliphatic carbocycles.